The largest absolute Gasteiger partial charge is 0.216 e. The van der Waals surface area contributed by atoms with Gasteiger partial charge >= 0.3 is 0 Å². The van der Waals surface area contributed by atoms with Gasteiger partial charge in [-0.15, -0.1) is 0 Å². The molecule has 2 heteroatoms. The first-order chi connectivity index (χ1) is 11.8. The highest BCUT2D eigenvalue weighted by atomic mass is 19.1. The molecule has 2 saturated carbocycles. The molecular formula is C22H30F2. The van der Waals surface area contributed by atoms with Crippen LogP contribution >= 0.6 is 0 Å². The predicted molar refractivity (Wildman–Crippen MR) is 96.0 cm³/mol. The molecule has 2 aliphatic rings. The SMILES string of the molecule is F/C=C/CC[C@H]1CC[C@H]([C@H]2CC[C@H](c3ccc(F)cc3)CC2)CC1. The molecule has 0 amide bonds. The maximum Gasteiger partial charge on any atom is 0.123 e. The van der Waals surface area contributed by atoms with Crippen LogP contribution in [0.25, 0.3) is 0 Å². The highest BCUT2D eigenvalue weighted by Crippen LogP contribution is 2.44. The molecule has 0 nitrogen and oxygen atoms in total. The third-order valence-electron chi connectivity index (χ3n) is 6.50. The molecule has 0 atom stereocenters. The summed E-state index contributed by atoms with van der Waals surface area (Å²) in [6, 6.07) is 7.14. The van der Waals surface area contributed by atoms with Crippen molar-refractivity contribution in [3.8, 4) is 0 Å². The first-order valence-electron chi connectivity index (χ1n) is 9.77. The zero-order valence-corrected chi connectivity index (χ0v) is 14.6. The third-order valence-corrected chi connectivity index (χ3v) is 6.50. The predicted octanol–water partition coefficient (Wildman–Crippen LogP) is 7.17. The Labute approximate surface area is 145 Å². The van der Waals surface area contributed by atoms with Crippen LogP contribution in [0.5, 0.6) is 0 Å². The summed E-state index contributed by atoms with van der Waals surface area (Å²) in [5.74, 6) is 3.12. The van der Waals surface area contributed by atoms with Gasteiger partial charge < -0.3 is 0 Å². The highest BCUT2D eigenvalue weighted by Gasteiger charge is 2.31. The molecule has 1 aromatic rings. The van der Waals surface area contributed by atoms with Gasteiger partial charge in [0.15, 0.2) is 0 Å². The molecule has 2 aliphatic carbocycles. The molecule has 3 rings (SSSR count). The molecule has 0 saturated heterocycles. The minimum absolute atomic E-state index is 0.133. The van der Waals surface area contributed by atoms with Gasteiger partial charge in [0.05, 0.1) is 6.33 Å². The van der Waals surface area contributed by atoms with E-state index < -0.39 is 0 Å². The summed E-state index contributed by atoms with van der Waals surface area (Å²) >= 11 is 0. The lowest BCUT2D eigenvalue weighted by Crippen LogP contribution is -2.25. The van der Waals surface area contributed by atoms with Crippen LogP contribution in [-0.4, -0.2) is 0 Å². The van der Waals surface area contributed by atoms with Gasteiger partial charge in [-0.1, -0.05) is 31.1 Å². The van der Waals surface area contributed by atoms with Crippen molar-refractivity contribution in [2.24, 2.45) is 17.8 Å². The monoisotopic (exact) mass is 332 g/mol. The molecule has 2 fully saturated rings. The van der Waals surface area contributed by atoms with E-state index in [0.717, 1.165) is 30.6 Å². The smallest absolute Gasteiger partial charge is 0.123 e. The fourth-order valence-electron chi connectivity index (χ4n) is 5.00. The number of hydrogen-bond acceptors (Lipinski definition) is 0. The molecule has 0 heterocycles. The van der Waals surface area contributed by atoms with Gasteiger partial charge in [0.1, 0.15) is 5.82 Å². The number of benzene rings is 1. The Balaban J connectivity index is 1.42. The summed E-state index contributed by atoms with van der Waals surface area (Å²) in [5.41, 5.74) is 1.32. The molecule has 0 N–H and O–H groups in total. The summed E-state index contributed by atoms with van der Waals surface area (Å²) < 4.78 is 25.1. The quantitative estimate of drug-likeness (QED) is 0.536. The molecule has 1 aromatic carbocycles. The van der Waals surface area contributed by atoms with Gasteiger partial charge in [-0.2, -0.15) is 0 Å². The molecule has 132 valence electrons. The van der Waals surface area contributed by atoms with Crippen molar-refractivity contribution >= 4 is 0 Å². The van der Waals surface area contributed by atoms with Crippen LogP contribution in [0.1, 0.15) is 75.7 Å². The summed E-state index contributed by atoms with van der Waals surface area (Å²) in [6.07, 6.45) is 15.0. The van der Waals surface area contributed by atoms with Crippen molar-refractivity contribution < 1.29 is 8.78 Å². The Morgan fingerprint density at radius 1 is 0.833 bits per heavy atom. The lowest BCUT2D eigenvalue weighted by atomic mass is 9.68. The van der Waals surface area contributed by atoms with Crippen LogP contribution < -0.4 is 0 Å². The second-order valence-corrected chi connectivity index (χ2v) is 7.88. The number of halogens is 2. The fourth-order valence-corrected chi connectivity index (χ4v) is 5.00. The minimum Gasteiger partial charge on any atom is -0.216 e. The lowest BCUT2D eigenvalue weighted by Gasteiger charge is -2.38. The van der Waals surface area contributed by atoms with E-state index in [1.807, 2.05) is 12.1 Å². The standard InChI is InChI=1S/C22H30F2/c23-16-2-1-3-17-4-6-18(7-5-17)19-8-10-20(11-9-19)21-12-14-22(24)15-13-21/h2,12-20H,1,3-11H2/b16-2+/t17-,18-,19-,20-. The van der Waals surface area contributed by atoms with E-state index in [2.05, 4.69) is 0 Å². The van der Waals surface area contributed by atoms with Crippen molar-refractivity contribution in [2.45, 2.75) is 70.1 Å². The maximum atomic E-state index is 13.1. The van der Waals surface area contributed by atoms with Crippen molar-refractivity contribution in [1.29, 1.82) is 0 Å². The fraction of sp³-hybridized carbons (Fsp3) is 0.636. The Hall–Kier alpha value is -1.18. The molecule has 0 spiro atoms. The van der Waals surface area contributed by atoms with E-state index >= 15 is 0 Å². The van der Waals surface area contributed by atoms with Gasteiger partial charge in [-0.3, -0.25) is 0 Å². The van der Waals surface area contributed by atoms with Crippen LogP contribution in [0.15, 0.2) is 36.7 Å². The molecule has 24 heavy (non-hydrogen) atoms. The minimum atomic E-state index is -0.133. The average Bonchev–Trinajstić information content (AvgIpc) is 2.63. The Bertz CT molecular complexity index is 503. The van der Waals surface area contributed by atoms with Crippen LogP contribution in [0.3, 0.4) is 0 Å². The normalized spacial score (nSPS) is 31.4. The van der Waals surface area contributed by atoms with Crippen molar-refractivity contribution in [3.63, 3.8) is 0 Å². The molecule has 0 unspecified atom stereocenters. The van der Waals surface area contributed by atoms with Crippen molar-refractivity contribution in [1.82, 2.24) is 0 Å². The highest BCUT2D eigenvalue weighted by molar-refractivity contribution is 5.20. The molecular weight excluding hydrogens is 302 g/mol. The van der Waals surface area contributed by atoms with Crippen LogP contribution in [0.2, 0.25) is 0 Å². The van der Waals surface area contributed by atoms with E-state index in [4.69, 9.17) is 0 Å². The van der Waals surface area contributed by atoms with Crippen molar-refractivity contribution in [2.75, 3.05) is 0 Å². The van der Waals surface area contributed by atoms with Gasteiger partial charge in [-0.05, 0) is 92.7 Å². The van der Waals surface area contributed by atoms with Crippen LogP contribution in [0.4, 0.5) is 8.78 Å². The summed E-state index contributed by atoms with van der Waals surface area (Å²) in [7, 11) is 0. The Morgan fingerprint density at radius 3 is 2.00 bits per heavy atom. The number of rotatable bonds is 5. The lowest BCUT2D eigenvalue weighted by molar-refractivity contribution is 0.157. The van der Waals surface area contributed by atoms with Gasteiger partial charge in [0, 0.05) is 0 Å². The molecule has 0 aromatic heterocycles. The zero-order chi connectivity index (χ0) is 16.8. The summed E-state index contributed by atoms with van der Waals surface area (Å²) in [6.45, 7) is 0. The van der Waals surface area contributed by atoms with E-state index in [1.165, 1.54) is 56.9 Å². The van der Waals surface area contributed by atoms with E-state index in [0.29, 0.717) is 12.2 Å². The van der Waals surface area contributed by atoms with Gasteiger partial charge in [-0.25, -0.2) is 8.78 Å². The second kappa shape index (κ2) is 8.78. The first kappa shape index (κ1) is 17.6. The maximum absolute atomic E-state index is 13.1. The molecule has 0 aliphatic heterocycles. The van der Waals surface area contributed by atoms with Crippen molar-refractivity contribution in [3.05, 3.63) is 48.1 Å². The summed E-state index contributed by atoms with van der Waals surface area (Å²) in [5, 5.41) is 0. The van der Waals surface area contributed by atoms with E-state index in [1.54, 1.807) is 18.2 Å². The first-order valence-corrected chi connectivity index (χ1v) is 9.77. The van der Waals surface area contributed by atoms with E-state index in [9.17, 15) is 8.78 Å². The third kappa shape index (κ3) is 4.68. The van der Waals surface area contributed by atoms with Gasteiger partial charge in [0.2, 0.25) is 0 Å². The van der Waals surface area contributed by atoms with E-state index in [-0.39, 0.29) is 5.82 Å². The average molecular weight is 332 g/mol. The van der Waals surface area contributed by atoms with Crippen LogP contribution in [-0.2, 0) is 0 Å². The molecule has 0 bridgehead atoms. The molecule has 0 radical (unpaired) electrons. The number of allylic oxidation sites excluding steroid dienone is 1. The number of hydrogen-bond donors (Lipinski definition) is 0. The Morgan fingerprint density at radius 2 is 1.42 bits per heavy atom. The van der Waals surface area contributed by atoms with Gasteiger partial charge in [0.25, 0.3) is 0 Å². The zero-order valence-electron chi connectivity index (χ0n) is 14.6. The Kier molecular flexibility index (Phi) is 6.45. The second-order valence-electron chi connectivity index (χ2n) is 7.88. The topological polar surface area (TPSA) is 0 Å². The van der Waals surface area contributed by atoms with Crippen LogP contribution in [0, 0.1) is 23.6 Å². The summed E-state index contributed by atoms with van der Waals surface area (Å²) in [4.78, 5) is 0.